The summed E-state index contributed by atoms with van der Waals surface area (Å²) < 4.78 is 0. The summed E-state index contributed by atoms with van der Waals surface area (Å²) in [5, 5.41) is 9.88. The Morgan fingerprint density at radius 1 is 1.16 bits per heavy atom. The molecule has 106 valence electrons. The van der Waals surface area contributed by atoms with E-state index in [1.807, 2.05) is 0 Å². The Bertz CT molecular complexity index is 396. The summed E-state index contributed by atoms with van der Waals surface area (Å²) in [4.78, 5) is 2.44. The predicted molar refractivity (Wildman–Crippen MR) is 81.7 cm³/mol. The Balaban J connectivity index is 2.16. The van der Waals surface area contributed by atoms with E-state index in [9.17, 15) is 5.11 Å². The van der Waals surface area contributed by atoms with Gasteiger partial charge >= 0.3 is 0 Å². The van der Waals surface area contributed by atoms with E-state index in [0.29, 0.717) is 6.61 Å². The van der Waals surface area contributed by atoms with Gasteiger partial charge in [0.05, 0.1) is 6.61 Å². The third-order valence-electron chi connectivity index (χ3n) is 4.61. The van der Waals surface area contributed by atoms with Crippen molar-refractivity contribution < 1.29 is 5.11 Å². The molecule has 1 aliphatic rings. The van der Waals surface area contributed by atoms with Gasteiger partial charge in [-0.15, -0.1) is 0 Å². The van der Waals surface area contributed by atoms with Gasteiger partial charge in [0.2, 0.25) is 0 Å². The lowest BCUT2D eigenvalue weighted by Gasteiger charge is -2.40. The molecule has 2 rings (SSSR count). The smallest absolute Gasteiger partial charge is 0.0504 e. The molecule has 0 bridgehead atoms. The summed E-state index contributed by atoms with van der Waals surface area (Å²) in [6, 6.07) is 8.57. The predicted octanol–water partition coefficient (Wildman–Crippen LogP) is 3.76. The van der Waals surface area contributed by atoms with Crippen LogP contribution < -0.4 is 4.90 Å². The highest BCUT2D eigenvalue weighted by Crippen LogP contribution is 2.37. The van der Waals surface area contributed by atoms with Crippen molar-refractivity contribution >= 4 is 5.69 Å². The molecule has 0 unspecified atom stereocenters. The van der Waals surface area contributed by atoms with Crippen LogP contribution in [-0.4, -0.2) is 24.8 Å². The minimum Gasteiger partial charge on any atom is -0.396 e. The third kappa shape index (κ3) is 3.30. The van der Waals surface area contributed by atoms with Crippen LogP contribution in [0.15, 0.2) is 24.3 Å². The maximum atomic E-state index is 9.88. The summed E-state index contributed by atoms with van der Waals surface area (Å²) in [5.41, 5.74) is 2.77. The molecule has 0 heterocycles. The molecular weight excluding hydrogens is 234 g/mol. The van der Waals surface area contributed by atoms with Crippen LogP contribution in [-0.2, 0) is 0 Å². The number of benzene rings is 1. The van der Waals surface area contributed by atoms with E-state index in [1.54, 1.807) is 0 Å². The first-order valence-electron chi connectivity index (χ1n) is 7.62. The van der Waals surface area contributed by atoms with Gasteiger partial charge in [-0.05, 0) is 38.3 Å². The number of rotatable bonds is 5. The van der Waals surface area contributed by atoms with Crippen LogP contribution in [0.4, 0.5) is 5.69 Å². The highest BCUT2D eigenvalue weighted by Gasteiger charge is 2.33. The molecule has 1 aromatic rings. The number of hydrogen-bond acceptors (Lipinski definition) is 2. The minimum atomic E-state index is 0.122. The Morgan fingerprint density at radius 3 is 2.42 bits per heavy atom. The molecule has 0 spiro atoms. The molecule has 2 heteroatoms. The maximum Gasteiger partial charge on any atom is 0.0504 e. The molecule has 0 aliphatic heterocycles. The Morgan fingerprint density at radius 2 is 1.84 bits per heavy atom. The Kier molecular flexibility index (Phi) is 4.87. The molecule has 0 amide bonds. The number of aryl methyl sites for hydroxylation is 1. The van der Waals surface area contributed by atoms with Gasteiger partial charge in [0, 0.05) is 24.2 Å². The van der Waals surface area contributed by atoms with E-state index in [0.717, 1.165) is 13.1 Å². The second-order valence-electron chi connectivity index (χ2n) is 6.02. The summed E-state index contributed by atoms with van der Waals surface area (Å²) in [5.74, 6) is 0. The molecule has 1 aromatic carbocycles. The molecule has 19 heavy (non-hydrogen) atoms. The monoisotopic (exact) mass is 261 g/mol. The highest BCUT2D eigenvalue weighted by molar-refractivity contribution is 5.53. The molecule has 0 radical (unpaired) electrons. The summed E-state index contributed by atoms with van der Waals surface area (Å²) in [6.07, 6.45) is 6.22. The van der Waals surface area contributed by atoms with Crippen LogP contribution in [0.2, 0.25) is 0 Å². The minimum absolute atomic E-state index is 0.122. The van der Waals surface area contributed by atoms with E-state index in [1.165, 1.54) is 43.4 Å². The summed E-state index contributed by atoms with van der Waals surface area (Å²) in [6.45, 7) is 6.71. The highest BCUT2D eigenvalue weighted by atomic mass is 16.3. The molecule has 2 nitrogen and oxygen atoms in total. The Hall–Kier alpha value is -1.02. The van der Waals surface area contributed by atoms with Gasteiger partial charge in [0.1, 0.15) is 0 Å². The number of aliphatic hydroxyl groups is 1. The number of anilines is 1. The molecule has 1 aliphatic carbocycles. The SMILES string of the molecule is CCN(CC1(CO)CCCCC1)c1ccccc1C. The van der Waals surface area contributed by atoms with Crippen molar-refractivity contribution in [1.82, 2.24) is 0 Å². The topological polar surface area (TPSA) is 23.5 Å². The lowest BCUT2D eigenvalue weighted by Crippen LogP contribution is -2.42. The van der Waals surface area contributed by atoms with Crippen molar-refractivity contribution in [3.63, 3.8) is 0 Å². The molecule has 1 saturated carbocycles. The lowest BCUT2D eigenvalue weighted by molar-refractivity contribution is 0.0882. The van der Waals surface area contributed by atoms with Gasteiger partial charge in [-0.1, -0.05) is 37.5 Å². The van der Waals surface area contributed by atoms with E-state index in [2.05, 4.69) is 43.0 Å². The second kappa shape index (κ2) is 6.42. The fourth-order valence-corrected chi connectivity index (χ4v) is 3.36. The molecule has 0 saturated heterocycles. The molecular formula is C17H27NO. The fraction of sp³-hybridized carbons (Fsp3) is 0.647. The van der Waals surface area contributed by atoms with E-state index >= 15 is 0 Å². The number of nitrogens with zero attached hydrogens (tertiary/aromatic N) is 1. The van der Waals surface area contributed by atoms with Crippen LogP contribution in [0.25, 0.3) is 0 Å². The first-order chi connectivity index (χ1) is 9.21. The van der Waals surface area contributed by atoms with Crippen LogP contribution in [0.5, 0.6) is 0 Å². The first kappa shape index (κ1) is 14.4. The third-order valence-corrected chi connectivity index (χ3v) is 4.61. The van der Waals surface area contributed by atoms with E-state index < -0.39 is 0 Å². The van der Waals surface area contributed by atoms with Crippen LogP contribution in [0, 0.1) is 12.3 Å². The van der Waals surface area contributed by atoms with Crippen molar-refractivity contribution in [3.05, 3.63) is 29.8 Å². The maximum absolute atomic E-state index is 9.88. The number of hydrogen-bond donors (Lipinski definition) is 1. The van der Waals surface area contributed by atoms with Gasteiger partial charge in [-0.3, -0.25) is 0 Å². The quantitative estimate of drug-likeness (QED) is 0.872. The van der Waals surface area contributed by atoms with Gasteiger partial charge in [-0.2, -0.15) is 0 Å². The van der Waals surface area contributed by atoms with Gasteiger partial charge < -0.3 is 10.0 Å². The molecule has 0 aromatic heterocycles. The normalized spacial score (nSPS) is 18.3. The van der Waals surface area contributed by atoms with Crippen molar-refractivity contribution in [2.75, 3.05) is 24.6 Å². The standard InChI is InChI=1S/C17H27NO/c1-3-18(16-10-6-5-9-15(16)2)13-17(14-19)11-7-4-8-12-17/h5-6,9-10,19H,3-4,7-8,11-14H2,1-2H3. The second-order valence-corrected chi connectivity index (χ2v) is 6.02. The zero-order chi connectivity index (χ0) is 13.7. The van der Waals surface area contributed by atoms with Crippen LogP contribution >= 0.6 is 0 Å². The van der Waals surface area contributed by atoms with Crippen molar-refractivity contribution in [2.24, 2.45) is 5.41 Å². The average molecular weight is 261 g/mol. The van der Waals surface area contributed by atoms with Crippen molar-refractivity contribution in [1.29, 1.82) is 0 Å². The summed E-state index contributed by atoms with van der Waals surface area (Å²) in [7, 11) is 0. The van der Waals surface area contributed by atoms with Crippen LogP contribution in [0.3, 0.4) is 0 Å². The zero-order valence-electron chi connectivity index (χ0n) is 12.4. The first-order valence-corrected chi connectivity index (χ1v) is 7.62. The number of para-hydroxylation sites is 1. The van der Waals surface area contributed by atoms with E-state index in [-0.39, 0.29) is 5.41 Å². The average Bonchev–Trinajstić information content (AvgIpc) is 2.47. The van der Waals surface area contributed by atoms with E-state index in [4.69, 9.17) is 0 Å². The largest absolute Gasteiger partial charge is 0.396 e. The zero-order valence-corrected chi connectivity index (χ0v) is 12.4. The molecule has 1 fully saturated rings. The van der Waals surface area contributed by atoms with Gasteiger partial charge in [-0.25, -0.2) is 0 Å². The molecule has 1 N–H and O–H groups in total. The van der Waals surface area contributed by atoms with Gasteiger partial charge in [0.15, 0.2) is 0 Å². The Labute approximate surface area is 117 Å². The van der Waals surface area contributed by atoms with Gasteiger partial charge in [0.25, 0.3) is 0 Å². The fourth-order valence-electron chi connectivity index (χ4n) is 3.36. The van der Waals surface area contributed by atoms with Crippen LogP contribution in [0.1, 0.15) is 44.6 Å². The van der Waals surface area contributed by atoms with Crippen molar-refractivity contribution in [2.45, 2.75) is 46.0 Å². The number of aliphatic hydroxyl groups excluding tert-OH is 1. The van der Waals surface area contributed by atoms with Crippen molar-refractivity contribution in [3.8, 4) is 0 Å². The lowest BCUT2D eigenvalue weighted by atomic mass is 9.74. The summed E-state index contributed by atoms with van der Waals surface area (Å²) >= 11 is 0. The molecule has 0 atom stereocenters.